The fraction of sp³-hybridized carbons (Fsp3) is 0.286. The molecule has 2 aromatic rings. The zero-order valence-electron chi connectivity index (χ0n) is 10.6. The Hall–Kier alpha value is -1.93. The van der Waals surface area contributed by atoms with Crippen molar-refractivity contribution in [3.63, 3.8) is 0 Å². The number of ether oxygens (including phenoxy) is 1. The molecule has 1 aromatic carbocycles. The van der Waals surface area contributed by atoms with Crippen LogP contribution < -0.4 is 4.74 Å². The van der Waals surface area contributed by atoms with Crippen molar-refractivity contribution < 1.29 is 9.15 Å². The molecule has 0 aliphatic rings. The zero-order valence-corrected chi connectivity index (χ0v) is 11.4. The minimum absolute atomic E-state index is 0.637. The number of benzene rings is 1. The van der Waals surface area contributed by atoms with Gasteiger partial charge in [-0.2, -0.15) is 5.26 Å². The van der Waals surface area contributed by atoms with Crippen LogP contribution in [0.15, 0.2) is 40.2 Å². The highest BCUT2D eigenvalue weighted by molar-refractivity contribution is 7.99. The van der Waals surface area contributed by atoms with Gasteiger partial charge in [0, 0.05) is 5.75 Å². The van der Waals surface area contributed by atoms with E-state index in [1.807, 2.05) is 19.1 Å². The minimum atomic E-state index is 0.637. The van der Waals surface area contributed by atoms with Crippen molar-refractivity contribution in [1.82, 2.24) is 4.98 Å². The molecule has 4 nitrogen and oxygen atoms in total. The molecule has 19 heavy (non-hydrogen) atoms. The fourth-order valence-electron chi connectivity index (χ4n) is 1.43. The SMILES string of the molecule is Cc1coc(SCCCOc2ccc(C#N)cc2)n1. The number of oxazole rings is 1. The van der Waals surface area contributed by atoms with Crippen molar-refractivity contribution in [1.29, 1.82) is 5.26 Å². The maximum absolute atomic E-state index is 8.68. The molecule has 0 saturated heterocycles. The quantitative estimate of drug-likeness (QED) is 0.596. The van der Waals surface area contributed by atoms with Gasteiger partial charge < -0.3 is 9.15 Å². The van der Waals surface area contributed by atoms with Crippen molar-refractivity contribution in [3.05, 3.63) is 41.8 Å². The van der Waals surface area contributed by atoms with Crippen molar-refractivity contribution in [2.24, 2.45) is 0 Å². The van der Waals surface area contributed by atoms with Crippen LogP contribution >= 0.6 is 11.8 Å². The van der Waals surface area contributed by atoms with Crippen molar-refractivity contribution in [2.75, 3.05) is 12.4 Å². The first-order valence-corrected chi connectivity index (χ1v) is 6.94. The summed E-state index contributed by atoms with van der Waals surface area (Å²) in [5, 5.41) is 9.38. The molecule has 0 amide bonds. The van der Waals surface area contributed by atoms with E-state index in [0.717, 1.165) is 23.6 Å². The van der Waals surface area contributed by atoms with E-state index in [-0.39, 0.29) is 0 Å². The predicted octanol–water partition coefficient (Wildman–Crippen LogP) is 3.42. The fourth-order valence-corrected chi connectivity index (χ4v) is 2.19. The first-order chi connectivity index (χ1) is 9.28. The Morgan fingerprint density at radius 1 is 1.37 bits per heavy atom. The smallest absolute Gasteiger partial charge is 0.255 e. The van der Waals surface area contributed by atoms with Crippen LogP contribution in [0, 0.1) is 18.3 Å². The number of hydrogen-bond acceptors (Lipinski definition) is 5. The zero-order chi connectivity index (χ0) is 13.5. The standard InChI is InChI=1S/C14H14N2O2S/c1-11-10-18-14(16-11)19-8-2-7-17-13-5-3-12(9-15)4-6-13/h3-6,10H,2,7-8H2,1H3. The normalized spacial score (nSPS) is 10.1. The molecule has 98 valence electrons. The van der Waals surface area contributed by atoms with E-state index in [4.69, 9.17) is 14.4 Å². The van der Waals surface area contributed by atoms with Gasteiger partial charge in [-0.3, -0.25) is 0 Å². The van der Waals surface area contributed by atoms with Crippen LogP contribution in [0.5, 0.6) is 5.75 Å². The van der Waals surface area contributed by atoms with Gasteiger partial charge in [0.25, 0.3) is 5.22 Å². The minimum Gasteiger partial charge on any atom is -0.494 e. The van der Waals surface area contributed by atoms with E-state index in [0.29, 0.717) is 17.4 Å². The number of rotatable bonds is 6. The molecule has 2 rings (SSSR count). The second-order valence-corrected chi connectivity index (χ2v) is 4.99. The summed E-state index contributed by atoms with van der Waals surface area (Å²) in [5.41, 5.74) is 1.54. The van der Waals surface area contributed by atoms with Crippen LogP contribution in [-0.4, -0.2) is 17.3 Å². The first-order valence-electron chi connectivity index (χ1n) is 5.96. The molecule has 0 fully saturated rings. The molecule has 5 heteroatoms. The summed E-state index contributed by atoms with van der Waals surface area (Å²) in [6.45, 7) is 2.54. The van der Waals surface area contributed by atoms with Gasteiger partial charge in [0.05, 0.1) is 23.9 Å². The lowest BCUT2D eigenvalue weighted by Gasteiger charge is -2.04. The highest BCUT2D eigenvalue weighted by atomic mass is 32.2. The topological polar surface area (TPSA) is 59.0 Å². The molecular formula is C14H14N2O2S. The van der Waals surface area contributed by atoms with Gasteiger partial charge in [-0.1, -0.05) is 11.8 Å². The molecule has 0 spiro atoms. The van der Waals surface area contributed by atoms with Gasteiger partial charge in [-0.15, -0.1) is 0 Å². The van der Waals surface area contributed by atoms with E-state index < -0.39 is 0 Å². The lowest BCUT2D eigenvalue weighted by molar-refractivity contribution is 0.318. The maximum atomic E-state index is 8.68. The molecule has 0 aliphatic carbocycles. The van der Waals surface area contributed by atoms with Crippen LogP contribution in [0.4, 0.5) is 0 Å². The summed E-state index contributed by atoms with van der Waals surface area (Å²) < 4.78 is 10.8. The Morgan fingerprint density at radius 2 is 2.16 bits per heavy atom. The van der Waals surface area contributed by atoms with Gasteiger partial charge in [0.15, 0.2) is 0 Å². The molecule has 0 saturated carbocycles. The molecule has 0 bridgehead atoms. The Labute approximate surface area is 116 Å². The van der Waals surface area contributed by atoms with Gasteiger partial charge in [-0.05, 0) is 37.6 Å². The second-order valence-electron chi connectivity index (χ2n) is 3.94. The Kier molecular flexibility index (Phi) is 4.87. The second kappa shape index (κ2) is 6.86. The van der Waals surface area contributed by atoms with E-state index >= 15 is 0 Å². The summed E-state index contributed by atoms with van der Waals surface area (Å²) in [6, 6.07) is 9.19. The molecule has 1 heterocycles. The number of thioether (sulfide) groups is 1. The van der Waals surface area contributed by atoms with Crippen LogP contribution in [0.25, 0.3) is 0 Å². The summed E-state index contributed by atoms with van der Waals surface area (Å²) >= 11 is 1.58. The Morgan fingerprint density at radius 3 is 2.79 bits per heavy atom. The van der Waals surface area contributed by atoms with Gasteiger partial charge in [0.2, 0.25) is 0 Å². The third kappa shape index (κ3) is 4.34. The van der Waals surface area contributed by atoms with Crippen LogP contribution in [0.3, 0.4) is 0 Å². The molecule has 0 unspecified atom stereocenters. The lowest BCUT2D eigenvalue weighted by atomic mass is 10.2. The van der Waals surface area contributed by atoms with Crippen LogP contribution in [0.2, 0.25) is 0 Å². The van der Waals surface area contributed by atoms with Crippen molar-refractivity contribution in [2.45, 2.75) is 18.6 Å². The predicted molar refractivity (Wildman–Crippen MR) is 73.2 cm³/mol. The van der Waals surface area contributed by atoms with Gasteiger partial charge in [-0.25, -0.2) is 4.98 Å². The number of hydrogen-bond donors (Lipinski definition) is 0. The Bertz CT molecular complexity index is 558. The number of nitrogens with zero attached hydrogens (tertiary/aromatic N) is 2. The number of aryl methyl sites for hydroxylation is 1. The third-order valence-electron chi connectivity index (χ3n) is 2.36. The molecule has 1 aromatic heterocycles. The summed E-state index contributed by atoms with van der Waals surface area (Å²) in [7, 11) is 0. The van der Waals surface area contributed by atoms with Gasteiger partial charge >= 0.3 is 0 Å². The monoisotopic (exact) mass is 274 g/mol. The summed E-state index contributed by atoms with van der Waals surface area (Å²) in [5.74, 6) is 1.69. The van der Waals surface area contributed by atoms with Crippen molar-refractivity contribution in [3.8, 4) is 11.8 Å². The Balaban J connectivity index is 1.65. The first kappa shape index (κ1) is 13.5. The average Bonchev–Trinajstić information content (AvgIpc) is 2.85. The molecule has 0 radical (unpaired) electrons. The number of nitriles is 1. The lowest BCUT2D eigenvalue weighted by Crippen LogP contribution is -1.98. The highest BCUT2D eigenvalue weighted by Crippen LogP contribution is 2.18. The molecule has 0 atom stereocenters. The van der Waals surface area contributed by atoms with E-state index in [1.165, 1.54) is 0 Å². The molecular weight excluding hydrogens is 260 g/mol. The molecule has 0 N–H and O–H groups in total. The molecule has 0 aliphatic heterocycles. The highest BCUT2D eigenvalue weighted by Gasteiger charge is 2.01. The van der Waals surface area contributed by atoms with Crippen LogP contribution in [-0.2, 0) is 0 Å². The maximum Gasteiger partial charge on any atom is 0.255 e. The van der Waals surface area contributed by atoms with E-state index in [2.05, 4.69) is 11.1 Å². The average molecular weight is 274 g/mol. The van der Waals surface area contributed by atoms with Crippen LogP contribution in [0.1, 0.15) is 17.7 Å². The van der Waals surface area contributed by atoms with Gasteiger partial charge in [0.1, 0.15) is 12.0 Å². The third-order valence-corrected chi connectivity index (χ3v) is 3.29. The summed E-state index contributed by atoms with van der Waals surface area (Å²) in [6.07, 6.45) is 2.56. The van der Waals surface area contributed by atoms with E-state index in [1.54, 1.807) is 30.2 Å². The summed E-state index contributed by atoms with van der Waals surface area (Å²) in [4.78, 5) is 4.21. The van der Waals surface area contributed by atoms with E-state index in [9.17, 15) is 0 Å². The largest absolute Gasteiger partial charge is 0.494 e. The number of aromatic nitrogens is 1. The van der Waals surface area contributed by atoms with Crippen molar-refractivity contribution >= 4 is 11.8 Å².